The van der Waals surface area contributed by atoms with Crippen molar-refractivity contribution in [2.45, 2.75) is 240 Å². The fourth-order valence-electron chi connectivity index (χ4n) is 11.8. The van der Waals surface area contributed by atoms with E-state index in [1.165, 1.54) is 93.7 Å². The topological polar surface area (TPSA) is 73.1 Å². The SMILES string of the molecule is CC(C)c1cc(C(C)C)c(-c2ccccc2P2C(C)(C)CCC(=O)CC2(C)C)c(C(C)C)c1.CC(C)c1cc(C(C)C)c(-c2ccccc2P2C(C)(C)CCCCC2(C)C)c(C(C)C)c1.CN.[K+].[OH-]. The molecular weight excluding hydrogens is 904 g/mol. The van der Waals surface area contributed by atoms with Crippen LogP contribution in [0.3, 0.4) is 0 Å². The van der Waals surface area contributed by atoms with Crippen molar-refractivity contribution in [2.24, 2.45) is 5.73 Å². The Hall–Kier alpha value is -1.03. The minimum absolute atomic E-state index is 0. The Morgan fingerprint density at radius 2 is 0.739 bits per heavy atom. The Morgan fingerprint density at radius 3 is 1.04 bits per heavy atom. The number of hydrogen-bond donors (Lipinski definition) is 1. The van der Waals surface area contributed by atoms with Gasteiger partial charge >= 0.3 is 51.4 Å². The van der Waals surface area contributed by atoms with Crippen molar-refractivity contribution in [3.8, 4) is 22.3 Å². The van der Waals surface area contributed by atoms with Crippen LogP contribution in [-0.4, -0.2) is 38.9 Å². The molecule has 2 aliphatic heterocycles. The summed E-state index contributed by atoms with van der Waals surface area (Å²) < 4.78 is 0. The van der Waals surface area contributed by atoms with E-state index >= 15 is 0 Å². The average Bonchev–Trinajstić information content (AvgIpc) is 3.40. The van der Waals surface area contributed by atoms with Gasteiger partial charge in [0.05, 0.1) is 0 Å². The molecule has 1 unspecified atom stereocenters. The Bertz CT molecular complexity index is 2200. The second-order valence-electron chi connectivity index (χ2n) is 24.5. The molecule has 3 nitrogen and oxygen atoms in total. The summed E-state index contributed by atoms with van der Waals surface area (Å²) >= 11 is 0. The van der Waals surface area contributed by atoms with E-state index in [9.17, 15) is 4.79 Å². The standard InChI is InChI=1S/C31H45OP.C31H47P.CH5N.K.H2O/c1-20(2)23-17-26(21(3)4)29(27(18-23)22(5)6)25-13-11-12-14-28(25)33-30(7,8)16-15-24(32)19-31(33,9)10;1-21(2)24-19-26(22(3)4)29(27(20-24)23(5)6)25-15-11-12-16-28(25)32-30(7,8)17-13-14-18-31(32,9)10;1-2;;/h11-14,17-18,20-22H,15-16,19H2,1-10H3;11-12,15-16,19-23H,13-14,17-18H2,1-10H3;2H2,1H3;;1H2/q;;;+1;/p-1. The summed E-state index contributed by atoms with van der Waals surface area (Å²) in [5, 5.41) is 3.95. The van der Waals surface area contributed by atoms with Gasteiger partial charge in [0.15, 0.2) is 0 Å². The summed E-state index contributed by atoms with van der Waals surface area (Å²) in [7, 11) is 0.637. The molecular formula is C63H98KNO2P2. The summed E-state index contributed by atoms with van der Waals surface area (Å²) in [5.41, 5.74) is 19.3. The molecule has 6 rings (SSSR count). The first kappa shape index (κ1) is 64.1. The van der Waals surface area contributed by atoms with Crippen molar-refractivity contribution in [3.63, 3.8) is 0 Å². The molecule has 3 N–H and O–H groups in total. The Labute approximate surface area is 470 Å². The number of Topliss-reactive ketones (excluding diaryl/α,β-unsaturated/α-hetero) is 1. The monoisotopic (exact) mass is 1000 g/mol. The van der Waals surface area contributed by atoms with Crippen molar-refractivity contribution in [1.29, 1.82) is 0 Å². The Balaban J connectivity index is 0.000000445. The number of nitrogens with two attached hydrogens (primary N) is 1. The molecule has 0 bridgehead atoms. The van der Waals surface area contributed by atoms with Gasteiger partial charge in [-0.15, -0.1) is 0 Å². The molecule has 69 heavy (non-hydrogen) atoms. The van der Waals surface area contributed by atoms with Crippen LogP contribution in [0.25, 0.3) is 22.3 Å². The van der Waals surface area contributed by atoms with Gasteiger partial charge in [-0.3, -0.25) is 4.79 Å². The molecule has 1 atom stereocenters. The molecule has 0 aliphatic carbocycles. The Kier molecular flexibility index (Phi) is 24.6. The van der Waals surface area contributed by atoms with Crippen molar-refractivity contribution in [1.82, 2.24) is 0 Å². The first-order chi connectivity index (χ1) is 31.1. The smallest absolute Gasteiger partial charge is 0.870 e. The van der Waals surface area contributed by atoms with Crippen LogP contribution in [0.2, 0.25) is 0 Å². The second kappa shape index (κ2) is 26.4. The third-order valence-corrected chi connectivity index (χ3v) is 22.4. The predicted octanol–water partition coefficient (Wildman–Crippen LogP) is 15.5. The third-order valence-electron chi connectivity index (χ3n) is 15.0. The molecule has 2 heterocycles. The molecule has 0 spiro atoms. The Morgan fingerprint density at radius 1 is 0.449 bits per heavy atom. The normalized spacial score (nSPS) is 18.7. The van der Waals surface area contributed by atoms with Gasteiger partial charge in [-0.25, -0.2) is 0 Å². The molecule has 378 valence electrons. The zero-order valence-electron chi connectivity index (χ0n) is 48.2. The van der Waals surface area contributed by atoms with Gasteiger partial charge in [0.2, 0.25) is 0 Å². The molecule has 2 saturated heterocycles. The van der Waals surface area contributed by atoms with Crippen LogP contribution in [-0.2, 0) is 4.79 Å². The van der Waals surface area contributed by atoms with Crippen LogP contribution in [0, 0.1) is 0 Å². The number of carbonyl (C=O) groups is 1. The summed E-state index contributed by atoms with van der Waals surface area (Å²) in [5.74, 6) is 3.43. The molecule has 0 radical (unpaired) electrons. The van der Waals surface area contributed by atoms with E-state index in [4.69, 9.17) is 0 Å². The number of rotatable bonds is 10. The minimum Gasteiger partial charge on any atom is -0.870 e. The third kappa shape index (κ3) is 15.1. The molecule has 2 fully saturated rings. The van der Waals surface area contributed by atoms with E-state index in [-0.39, 0.29) is 75.1 Å². The quantitative estimate of drug-likeness (QED) is 0.127. The molecule has 4 aromatic rings. The van der Waals surface area contributed by atoms with Crippen LogP contribution in [0.4, 0.5) is 0 Å². The van der Waals surface area contributed by atoms with E-state index < -0.39 is 7.92 Å². The minimum atomic E-state index is -0.555. The van der Waals surface area contributed by atoms with Crippen LogP contribution >= 0.6 is 15.8 Å². The van der Waals surface area contributed by atoms with E-state index in [2.05, 4.69) is 217 Å². The predicted molar refractivity (Wildman–Crippen MR) is 307 cm³/mol. The first-order valence-corrected chi connectivity index (χ1v) is 29.1. The molecule has 0 saturated carbocycles. The number of ketones is 1. The van der Waals surface area contributed by atoms with E-state index in [0.717, 1.165) is 12.8 Å². The van der Waals surface area contributed by atoms with Crippen LogP contribution < -0.4 is 67.7 Å². The summed E-state index contributed by atoms with van der Waals surface area (Å²) in [6, 6.07) is 28.6. The maximum atomic E-state index is 12.7. The van der Waals surface area contributed by atoms with Gasteiger partial charge in [-0.1, -0.05) is 240 Å². The fraction of sp³-hybridized carbons (Fsp3) is 0.603. The van der Waals surface area contributed by atoms with Gasteiger partial charge in [-0.2, -0.15) is 0 Å². The van der Waals surface area contributed by atoms with Crippen molar-refractivity contribution >= 4 is 32.2 Å². The molecule has 0 amide bonds. The average molecular weight is 1000 g/mol. The van der Waals surface area contributed by atoms with Crippen LogP contribution in [0.15, 0.2) is 72.8 Å². The first-order valence-electron chi connectivity index (χ1n) is 26.4. The largest absolute Gasteiger partial charge is 1.00 e. The summed E-state index contributed by atoms with van der Waals surface area (Å²) in [6.07, 6.45) is 7.82. The number of carbonyl (C=O) groups excluding carboxylic acids is 1. The van der Waals surface area contributed by atoms with Gasteiger partial charge in [0, 0.05) is 12.8 Å². The molecule has 2 aliphatic rings. The van der Waals surface area contributed by atoms with Gasteiger partial charge in [-0.05, 0) is 149 Å². The van der Waals surface area contributed by atoms with Crippen molar-refractivity contribution in [2.75, 3.05) is 7.05 Å². The van der Waals surface area contributed by atoms with E-state index in [1.54, 1.807) is 5.30 Å². The van der Waals surface area contributed by atoms with Crippen molar-refractivity contribution in [3.05, 3.63) is 106 Å². The van der Waals surface area contributed by atoms with Crippen LogP contribution in [0.5, 0.6) is 0 Å². The summed E-state index contributed by atoms with van der Waals surface area (Å²) in [6.45, 7) is 47.8. The van der Waals surface area contributed by atoms with Gasteiger partial charge in [0.1, 0.15) is 5.78 Å². The molecule has 4 aromatic carbocycles. The number of hydrogen-bond acceptors (Lipinski definition) is 3. The zero-order valence-corrected chi connectivity index (χ0v) is 53.1. The number of benzene rings is 4. The maximum Gasteiger partial charge on any atom is 1.00 e. The van der Waals surface area contributed by atoms with Gasteiger partial charge < -0.3 is 11.2 Å². The maximum absolute atomic E-state index is 12.7. The molecule has 6 heteroatoms. The molecule has 0 aromatic heterocycles. The van der Waals surface area contributed by atoms with Crippen LogP contribution in [0.1, 0.15) is 252 Å². The van der Waals surface area contributed by atoms with Gasteiger partial charge in [0.25, 0.3) is 0 Å². The van der Waals surface area contributed by atoms with E-state index in [0.29, 0.717) is 58.0 Å². The zero-order chi connectivity index (χ0) is 50.6. The fourth-order valence-corrected chi connectivity index (χ4v) is 20.4. The summed E-state index contributed by atoms with van der Waals surface area (Å²) in [4.78, 5) is 12.7. The second-order valence-corrected chi connectivity index (χ2v) is 31.6. The van der Waals surface area contributed by atoms with Crippen molar-refractivity contribution < 1.29 is 61.7 Å². The van der Waals surface area contributed by atoms with E-state index in [1.807, 2.05) is 0 Å².